The van der Waals surface area contributed by atoms with Gasteiger partial charge in [0.15, 0.2) is 0 Å². The fourth-order valence-corrected chi connectivity index (χ4v) is 4.81. The van der Waals surface area contributed by atoms with Gasteiger partial charge in [0.1, 0.15) is 5.82 Å². The van der Waals surface area contributed by atoms with Crippen LogP contribution in [0.15, 0.2) is 44.2 Å². The second-order valence-electron chi connectivity index (χ2n) is 4.37. The monoisotopic (exact) mass is 436 g/mol. The van der Waals surface area contributed by atoms with Crippen LogP contribution in [0.5, 0.6) is 0 Å². The topological polar surface area (TPSA) is 72.2 Å². The standard InChI is InChI=1S/C13H11Br2FN2O2S/c1-7-4-8(16)2-3-12(7)21(19,20)18-13-10(14)5-9(17)6-11(13)15/h2-6,18H,17H2,1H3. The highest BCUT2D eigenvalue weighted by atomic mass is 79.9. The zero-order valence-electron chi connectivity index (χ0n) is 10.8. The van der Waals surface area contributed by atoms with E-state index in [0.29, 0.717) is 25.9 Å². The normalized spacial score (nSPS) is 11.4. The summed E-state index contributed by atoms with van der Waals surface area (Å²) in [6, 6.07) is 6.67. The van der Waals surface area contributed by atoms with E-state index >= 15 is 0 Å². The van der Waals surface area contributed by atoms with E-state index in [4.69, 9.17) is 5.73 Å². The van der Waals surface area contributed by atoms with Crippen molar-refractivity contribution in [3.63, 3.8) is 0 Å². The molecule has 4 nitrogen and oxygen atoms in total. The third-order valence-electron chi connectivity index (χ3n) is 2.73. The summed E-state index contributed by atoms with van der Waals surface area (Å²) >= 11 is 6.51. The molecule has 0 atom stereocenters. The van der Waals surface area contributed by atoms with Gasteiger partial charge in [0.25, 0.3) is 10.0 Å². The summed E-state index contributed by atoms with van der Waals surface area (Å²) in [7, 11) is -3.84. The Morgan fingerprint density at radius 1 is 1.14 bits per heavy atom. The van der Waals surface area contributed by atoms with Gasteiger partial charge in [0.2, 0.25) is 0 Å². The molecule has 0 unspecified atom stereocenters. The first kappa shape index (κ1) is 16.3. The maximum Gasteiger partial charge on any atom is 0.262 e. The third-order valence-corrected chi connectivity index (χ3v) is 5.49. The zero-order valence-corrected chi connectivity index (χ0v) is 14.8. The van der Waals surface area contributed by atoms with Crippen molar-refractivity contribution in [2.45, 2.75) is 11.8 Å². The van der Waals surface area contributed by atoms with Crippen LogP contribution in [0.3, 0.4) is 0 Å². The van der Waals surface area contributed by atoms with E-state index in [9.17, 15) is 12.8 Å². The molecule has 0 saturated heterocycles. The second-order valence-corrected chi connectivity index (χ2v) is 7.73. The molecule has 21 heavy (non-hydrogen) atoms. The van der Waals surface area contributed by atoms with E-state index in [1.165, 1.54) is 19.1 Å². The summed E-state index contributed by atoms with van der Waals surface area (Å²) in [4.78, 5) is 0.0134. The lowest BCUT2D eigenvalue weighted by atomic mass is 10.2. The summed E-state index contributed by atoms with van der Waals surface area (Å²) in [6.45, 7) is 1.53. The van der Waals surface area contributed by atoms with Gasteiger partial charge >= 0.3 is 0 Å². The van der Waals surface area contributed by atoms with E-state index in [0.717, 1.165) is 6.07 Å². The number of nitrogens with one attached hydrogen (secondary N) is 1. The smallest absolute Gasteiger partial charge is 0.262 e. The van der Waals surface area contributed by atoms with Crippen LogP contribution >= 0.6 is 31.9 Å². The van der Waals surface area contributed by atoms with Crippen LogP contribution in [0.1, 0.15) is 5.56 Å². The number of benzene rings is 2. The molecule has 112 valence electrons. The second kappa shape index (κ2) is 5.94. The van der Waals surface area contributed by atoms with Crippen LogP contribution in [0.25, 0.3) is 0 Å². The van der Waals surface area contributed by atoms with Crippen LogP contribution < -0.4 is 10.5 Å². The van der Waals surface area contributed by atoms with Crippen molar-refractivity contribution in [1.82, 2.24) is 0 Å². The molecule has 2 aromatic carbocycles. The molecule has 0 saturated carbocycles. The number of nitrogens with two attached hydrogens (primary N) is 1. The quantitative estimate of drug-likeness (QED) is 0.711. The summed E-state index contributed by atoms with van der Waals surface area (Å²) in [6.07, 6.45) is 0. The number of halogens is 3. The van der Waals surface area contributed by atoms with E-state index < -0.39 is 15.8 Å². The van der Waals surface area contributed by atoms with Crippen molar-refractivity contribution in [2.24, 2.45) is 0 Å². The number of hydrogen-bond acceptors (Lipinski definition) is 3. The highest BCUT2D eigenvalue weighted by Gasteiger charge is 2.20. The van der Waals surface area contributed by atoms with Gasteiger partial charge in [-0.25, -0.2) is 12.8 Å². The van der Waals surface area contributed by atoms with Crippen LogP contribution in [0, 0.1) is 12.7 Å². The van der Waals surface area contributed by atoms with Crippen molar-refractivity contribution < 1.29 is 12.8 Å². The van der Waals surface area contributed by atoms with Crippen LogP contribution in [-0.2, 0) is 10.0 Å². The summed E-state index contributed by atoms with van der Waals surface area (Å²) in [5.41, 5.74) is 6.80. The number of nitrogen functional groups attached to an aromatic ring is 1. The predicted molar refractivity (Wildman–Crippen MR) is 88.2 cm³/mol. The highest BCUT2D eigenvalue weighted by molar-refractivity contribution is 9.11. The molecule has 0 spiro atoms. The lowest BCUT2D eigenvalue weighted by molar-refractivity contribution is 0.598. The predicted octanol–water partition coefficient (Wildman–Crippen LogP) is 4.04. The van der Waals surface area contributed by atoms with Gasteiger partial charge in [0.05, 0.1) is 10.6 Å². The molecule has 0 aliphatic carbocycles. The Morgan fingerprint density at radius 2 is 1.71 bits per heavy atom. The minimum Gasteiger partial charge on any atom is -0.399 e. The maximum absolute atomic E-state index is 13.1. The molecular formula is C13H11Br2FN2O2S. The van der Waals surface area contributed by atoms with Crippen LogP contribution in [0.4, 0.5) is 15.8 Å². The van der Waals surface area contributed by atoms with E-state index in [2.05, 4.69) is 36.6 Å². The Labute approximate surface area is 138 Å². The molecule has 0 bridgehead atoms. The number of sulfonamides is 1. The van der Waals surface area contributed by atoms with Gasteiger partial charge in [-0.15, -0.1) is 0 Å². The van der Waals surface area contributed by atoms with Gasteiger partial charge in [-0.3, -0.25) is 4.72 Å². The Kier molecular flexibility index (Phi) is 4.60. The lowest BCUT2D eigenvalue weighted by Gasteiger charge is -2.14. The molecule has 0 fully saturated rings. The summed E-state index contributed by atoms with van der Waals surface area (Å²) in [5, 5.41) is 0. The molecule has 2 aromatic rings. The average molecular weight is 438 g/mol. The van der Waals surface area contributed by atoms with E-state index in [1.807, 2.05) is 0 Å². The maximum atomic E-state index is 13.1. The third kappa shape index (κ3) is 3.56. The minimum atomic E-state index is -3.84. The van der Waals surface area contributed by atoms with Gasteiger partial charge in [-0.05, 0) is 74.7 Å². The summed E-state index contributed by atoms with van der Waals surface area (Å²) in [5.74, 6) is -0.485. The fourth-order valence-electron chi connectivity index (χ4n) is 1.79. The largest absolute Gasteiger partial charge is 0.399 e. The number of hydrogen-bond donors (Lipinski definition) is 2. The Bertz CT molecular complexity index is 787. The molecule has 3 N–H and O–H groups in total. The first-order valence-corrected chi connectivity index (χ1v) is 8.81. The minimum absolute atomic E-state index is 0.0134. The van der Waals surface area contributed by atoms with Crippen LogP contribution in [-0.4, -0.2) is 8.42 Å². The SMILES string of the molecule is Cc1cc(F)ccc1S(=O)(=O)Nc1c(Br)cc(N)cc1Br. The molecule has 0 heterocycles. The molecular weight excluding hydrogens is 427 g/mol. The van der Waals surface area contributed by atoms with Gasteiger partial charge < -0.3 is 5.73 Å². The van der Waals surface area contributed by atoms with Crippen molar-refractivity contribution >= 4 is 53.3 Å². The molecule has 0 amide bonds. The van der Waals surface area contributed by atoms with Crippen molar-refractivity contribution in [1.29, 1.82) is 0 Å². The van der Waals surface area contributed by atoms with Gasteiger partial charge in [-0.1, -0.05) is 0 Å². The van der Waals surface area contributed by atoms with Crippen LogP contribution in [0.2, 0.25) is 0 Å². The molecule has 0 aromatic heterocycles. The number of aryl methyl sites for hydroxylation is 1. The van der Waals surface area contributed by atoms with E-state index in [1.54, 1.807) is 12.1 Å². The zero-order chi connectivity index (χ0) is 15.8. The lowest BCUT2D eigenvalue weighted by Crippen LogP contribution is -2.15. The fraction of sp³-hybridized carbons (Fsp3) is 0.0769. The van der Waals surface area contributed by atoms with Gasteiger partial charge in [0, 0.05) is 14.6 Å². The first-order chi connectivity index (χ1) is 9.70. The highest BCUT2D eigenvalue weighted by Crippen LogP contribution is 2.35. The first-order valence-electron chi connectivity index (χ1n) is 5.74. The molecule has 2 rings (SSSR count). The number of rotatable bonds is 3. The van der Waals surface area contributed by atoms with E-state index in [-0.39, 0.29) is 4.90 Å². The van der Waals surface area contributed by atoms with Crippen molar-refractivity contribution in [3.8, 4) is 0 Å². The number of anilines is 2. The van der Waals surface area contributed by atoms with Gasteiger partial charge in [-0.2, -0.15) is 0 Å². The molecule has 0 radical (unpaired) electrons. The van der Waals surface area contributed by atoms with Crippen molar-refractivity contribution in [2.75, 3.05) is 10.5 Å². The molecule has 0 aliphatic heterocycles. The Hall–Kier alpha value is -1.12. The molecule has 0 aliphatic rings. The molecule has 8 heteroatoms. The average Bonchev–Trinajstić information content (AvgIpc) is 2.33. The van der Waals surface area contributed by atoms with Crippen molar-refractivity contribution in [3.05, 3.63) is 50.7 Å². The Morgan fingerprint density at radius 3 is 2.24 bits per heavy atom. The Balaban J connectivity index is 2.47. The summed E-state index contributed by atoms with van der Waals surface area (Å²) < 4.78 is 41.4.